The summed E-state index contributed by atoms with van der Waals surface area (Å²) in [5.74, 6) is 0.620. The predicted octanol–water partition coefficient (Wildman–Crippen LogP) is 3.02. The van der Waals surface area contributed by atoms with E-state index in [0.29, 0.717) is 5.92 Å². The van der Waals surface area contributed by atoms with Crippen LogP contribution in [-0.4, -0.2) is 19.8 Å². The number of benzene rings is 1. The summed E-state index contributed by atoms with van der Waals surface area (Å²) in [6.07, 6.45) is 4.65. The van der Waals surface area contributed by atoms with Crippen molar-refractivity contribution in [1.82, 2.24) is 0 Å². The molecule has 98 valence electrons. The molecule has 18 heavy (non-hydrogen) atoms. The van der Waals surface area contributed by atoms with Crippen molar-refractivity contribution in [1.29, 1.82) is 0 Å². The van der Waals surface area contributed by atoms with Crippen LogP contribution in [0.15, 0.2) is 22.7 Å². The Labute approximate surface area is 117 Å². The van der Waals surface area contributed by atoms with Gasteiger partial charge in [-0.2, -0.15) is 0 Å². The molecule has 0 radical (unpaired) electrons. The first-order valence-electron chi connectivity index (χ1n) is 6.83. The molecule has 1 aromatic carbocycles. The second-order valence-electron chi connectivity index (χ2n) is 5.54. The summed E-state index contributed by atoms with van der Waals surface area (Å²) < 4.78 is 6.77. The van der Waals surface area contributed by atoms with Gasteiger partial charge in [-0.3, -0.25) is 0 Å². The number of halogens is 1. The molecular weight excluding hydrogens is 290 g/mol. The highest BCUT2D eigenvalue weighted by Gasteiger charge is 2.44. The monoisotopic (exact) mass is 309 g/mol. The van der Waals surface area contributed by atoms with E-state index < -0.39 is 0 Å². The Hall–Kier alpha value is -0.380. The molecular formula is C15H20BrNO. The third-order valence-electron chi connectivity index (χ3n) is 4.82. The normalized spacial score (nSPS) is 26.0. The maximum Gasteiger partial charge on any atom is 0.0474 e. The lowest BCUT2D eigenvalue weighted by molar-refractivity contribution is 0.0214. The molecule has 1 fully saturated rings. The number of hydrogen-bond acceptors (Lipinski definition) is 2. The summed E-state index contributed by atoms with van der Waals surface area (Å²) in [5, 5.41) is 0. The maximum atomic E-state index is 6.05. The van der Waals surface area contributed by atoms with Crippen molar-refractivity contribution in [2.24, 2.45) is 11.7 Å². The molecule has 0 aromatic heterocycles. The van der Waals surface area contributed by atoms with Crippen LogP contribution in [0.3, 0.4) is 0 Å². The number of fused-ring (bicyclic) bond motifs is 2. The van der Waals surface area contributed by atoms with Gasteiger partial charge in [-0.05, 0) is 61.4 Å². The van der Waals surface area contributed by atoms with Crippen molar-refractivity contribution in [2.75, 3.05) is 19.8 Å². The molecule has 0 bridgehead atoms. The molecule has 1 spiro atoms. The van der Waals surface area contributed by atoms with Gasteiger partial charge in [0.05, 0.1) is 0 Å². The van der Waals surface area contributed by atoms with Gasteiger partial charge in [-0.1, -0.05) is 22.0 Å². The molecule has 1 unspecified atom stereocenters. The van der Waals surface area contributed by atoms with Gasteiger partial charge in [0.1, 0.15) is 0 Å². The lowest BCUT2D eigenvalue weighted by Crippen LogP contribution is -2.46. The Morgan fingerprint density at radius 3 is 2.83 bits per heavy atom. The minimum absolute atomic E-state index is 0.279. The van der Waals surface area contributed by atoms with Crippen molar-refractivity contribution >= 4 is 15.9 Å². The van der Waals surface area contributed by atoms with Gasteiger partial charge in [0, 0.05) is 23.1 Å². The molecule has 1 aromatic rings. The highest BCUT2D eigenvalue weighted by molar-refractivity contribution is 9.10. The first-order valence-corrected chi connectivity index (χ1v) is 7.62. The summed E-state index contributed by atoms with van der Waals surface area (Å²) in [6.45, 7) is 2.56. The summed E-state index contributed by atoms with van der Waals surface area (Å²) in [7, 11) is 0. The molecule has 1 aliphatic carbocycles. The Balaban J connectivity index is 2.08. The number of aryl methyl sites for hydroxylation is 1. The molecule has 3 rings (SSSR count). The van der Waals surface area contributed by atoms with E-state index in [1.807, 2.05) is 0 Å². The van der Waals surface area contributed by atoms with Gasteiger partial charge in [0.25, 0.3) is 0 Å². The van der Waals surface area contributed by atoms with Gasteiger partial charge in [0.2, 0.25) is 0 Å². The van der Waals surface area contributed by atoms with E-state index in [-0.39, 0.29) is 5.41 Å². The molecule has 0 saturated carbocycles. The van der Waals surface area contributed by atoms with Crippen LogP contribution in [0.25, 0.3) is 0 Å². The largest absolute Gasteiger partial charge is 0.381 e. The van der Waals surface area contributed by atoms with Crippen molar-refractivity contribution in [3.05, 3.63) is 33.8 Å². The van der Waals surface area contributed by atoms with E-state index in [0.717, 1.165) is 32.6 Å². The fraction of sp³-hybridized carbons (Fsp3) is 0.600. The van der Waals surface area contributed by atoms with Gasteiger partial charge < -0.3 is 10.5 Å². The molecule has 1 atom stereocenters. The highest BCUT2D eigenvalue weighted by atomic mass is 79.9. The topological polar surface area (TPSA) is 35.2 Å². The van der Waals surface area contributed by atoms with E-state index in [1.165, 1.54) is 28.4 Å². The van der Waals surface area contributed by atoms with E-state index in [9.17, 15) is 0 Å². The van der Waals surface area contributed by atoms with Crippen LogP contribution in [0.1, 0.15) is 30.4 Å². The van der Waals surface area contributed by atoms with Crippen LogP contribution in [0.2, 0.25) is 0 Å². The summed E-state index contributed by atoms with van der Waals surface area (Å²) in [5.41, 5.74) is 9.37. The summed E-state index contributed by atoms with van der Waals surface area (Å²) >= 11 is 3.59. The summed E-state index contributed by atoms with van der Waals surface area (Å²) in [6, 6.07) is 6.78. The Morgan fingerprint density at radius 2 is 2.11 bits per heavy atom. The fourth-order valence-electron chi connectivity index (χ4n) is 3.84. The van der Waals surface area contributed by atoms with Crippen LogP contribution in [0, 0.1) is 5.92 Å². The first-order chi connectivity index (χ1) is 8.76. The third kappa shape index (κ3) is 1.93. The minimum Gasteiger partial charge on any atom is -0.381 e. The average molecular weight is 310 g/mol. The lowest BCUT2D eigenvalue weighted by Gasteiger charge is -2.47. The van der Waals surface area contributed by atoms with E-state index in [4.69, 9.17) is 10.5 Å². The lowest BCUT2D eigenvalue weighted by atomic mass is 9.59. The number of nitrogens with two attached hydrogens (primary N) is 1. The molecule has 0 amide bonds. The molecule has 3 heteroatoms. The predicted molar refractivity (Wildman–Crippen MR) is 76.7 cm³/mol. The zero-order valence-electron chi connectivity index (χ0n) is 10.6. The number of hydrogen-bond donors (Lipinski definition) is 1. The zero-order valence-corrected chi connectivity index (χ0v) is 12.2. The molecule has 1 saturated heterocycles. The summed E-state index contributed by atoms with van der Waals surface area (Å²) in [4.78, 5) is 0. The minimum atomic E-state index is 0.279. The molecule has 2 aliphatic rings. The number of ether oxygens (including phenoxy) is 1. The fourth-order valence-corrected chi connectivity index (χ4v) is 4.25. The third-order valence-corrected chi connectivity index (χ3v) is 5.31. The van der Waals surface area contributed by atoms with Gasteiger partial charge >= 0.3 is 0 Å². The second-order valence-corrected chi connectivity index (χ2v) is 6.46. The Kier molecular flexibility index (Phi) is 3.48. The van der Waals surface area contributed by atoms with Crippen molar-refractivity contribution < 1.29 is 4.74 Å². The molecule has 1 heterocycles. The maximum absolute atomic E-state index is 6.05. The molecule has 1 aliphatic heterocycles. The highest BCUT2D eigenvalue weighted by Crippen LogP contribution is 2.48. The number of rotatable bonds is 1. The van der Waals surface area contributed by atoms with Gasteiger partial charge in [-0.15, -0.1) is 0 Å². The van der Waals surface area contributed by atoms with Crippen molar-refractivity contribution in [2.45, 2.75) is 31.1 Å². The smallest absolute Gasteiger partial charge is 0.0474 e. The van der Waals surface area contributed by atoms with Crippen LogP contribution in [0.5, 0.6) is 0 Å². The Bertz CT molecular complexity index is 440. The van der Waals surface area contributed by atoms with E-state index >= 15 is 0 Å². The average Bonchev–Trinajstić information content (AvgIpc) is 2.40. The van der Waals surface area contributed by atoms with E-state index in [1.54, 1.807) is 0 Å². The molecule has 2 nitrogen and oxygen atoms in total. The standard InChI is InChI=1S/C15H20BrNO/c16-13-3-4-14-11(9-13)1-2-12(10-17)15(14)5-7-18-8-6-15/h3-4,9,12H,1-2,5-8,10,17H2. The van der Waals surface area contributed by atoms with Crippen LogP contribution in [0.4, 0.5) is 0 Å². The van der Waals surface area contributed by atoms with Gasteiger partial charge in [-0.25, -0.2) is 0 Å². The van der Waals surface area contributed by atoms with Gasteiger partial charge in [0.15, 0.2) is 0 Å². The van der Waals surface area contributed by atoms with E-state index in [2.05, 4.69) is 34.1 Å². The first kappa shape index (κ1) is 12.6. The zero-order chi connectivity index (χ0) is 12.6. The molecule has 2 N–H and O–H groups in total. The quantitative estimate of drug-likeness (QED) is 0.865. The van der Waals surface area contributed by atoms with Crippen molar-refractivity contribution in [3.63, 3.8) is 0 Å². The second kappa shape index (κ2) is 4.95. The Morgan fingerprint density at radius 1 is 1.33 bits per heavy atom. The van der Waals surface area contributed by atoms with Crippen molar-refractivity contribution in [3.8, 4) is 0 Å². The SMILES string of the molecule is NCC1CCc2cc(Br)ccc2C12CCOCC2. The van der Waals surface area contributed by atoms with Crippen LogP contribution < -0.4 is 5.73 Å². The van der Waals surface area contributed by atoms with Crippen LogP contribution >= 0.6 is 15.9 Å². The van der Waals surface area contributed by atoms with Crippen LogP contribution in [-0.2, 0) is 16.6 Å².